The maximum atomic E-state index is 10.3. The second-order valence-corrected chi connectivity index (χ2v) is 14.7. The first-order chi connectivity index (χ1) is 28.5. The first-order valence-electron chi connectivity index (χ1n) is 20.2. The summed E-state index contributed by atoms with van der Waals surface area (Å²) < 4.78 is 12.2. The lowest BCUT2D eigenvalue weighted by Gasteiger charge is -2.16. The van der Waals surface area contributed by atoms with Gasteiger partial charge in [-0.1, -0.05) is 101 Å². The van der Waals surface area contributed by atoms with Crippen LogP contribution in [-0.4, -0.2) is 13.2 Å². The van der Waals surface area contributed by atoms with Crippen molar-refractivity contribution in [2.45, 2.75) is 65.2 Å². The third-order valence-corrected chi connectivity index (χ3v) is 10.9. The minimum Gasteiger partial charge on any atom is -0.494 e. The minimum atomic E-state index is -0.0403. The molecule has 0 aromatic heterocycles. The molecule has 0 aliphatic carbocycles. The highest BCUT2D eigenvalue weighted by atomic mass is 16.5. The summed E-state index contributed by atoms with van der Waals surface area (Å²) in [6.45, 7) is 5.76. The van der Waals surface area contributed by atoms with Gasteiger partial charge < -0.3 is 9.47 Å². The summed E-state index contributed by atoms with van der Waals surface area (Å²) in [5.41, 5.74) is 3.91. The van der Waals surface area contributed by atoms with Crippen LogP contribution in [-0.2, 0) is 0 Å². The largest absolute Gasteiger partial charge is 0.494 e. The number of unbranched alkanes of at least 4 members (excludes halogenated alkanes) is 6. The third-order valence-electron chi connectivity index (χ3n) is 10.9. The van der Waals surface area contributed by atoms with Gasteiger partial charge in [-0.25, -0.2) is 0 Å². The van der Waals surface area contributed by atoms with Gasteiger partial charge in [0.15, 0.2) is 0 Å². The zero-order valence-electron chi connectivity index (χ0n) is 33.1. The molecule has 6 heteroatoms. The van der Waals surface area contributed by atoms with Gasteiger partial charge >= 0.3 is 0 Å². The molecule has 0 fully saturated rings. The van der Waals surface area contributed by atoms with Crippen molar-refractivity contribution in [3.05, 3.63) is 120 Å². The van der Waals surface area contributed by atoms with Crippen molar-refractivity contribution in [1.82, 2.24) is 0 Å². The van der Waals surface area contributed by atoms with Crippen molar-refractivity contribution in [2.24, 2.45) is 0 Å². The molecular formula is C52H44N4O2. The lowest BCUT2D eigenvalue weighted by molar-refractivity contribution is 0.305. The quantitative estimate of drug-likeness (QED) is 0.0806. The van der Waals surface area contributed by atoms with E-state index in [0.717, 1.165) is 81.0 Å². The van der Waals surface area contributed by atoms with Crippen LogP contribution in [0.1, 0.15) is 65.2 Å². The zero-order chi connectivity index (χ0) is 40.4. The second-order valence-electron chi connectivity index (χ2n) is 14.7. The molecule has 0 saturated carbocycles. The highest BCUT2D eigenvalue weighted by Crippen LogP contribution is 2.38. The summed E-state index contributed by atoms with van der Waals surface area (Å²) in [7, 11) is 0. The van der Waals surface area contributed by atoms with Crippen molar-refractivity contribution in [2.75, 3.05) is 13.2 Å². The van der Waals surface area contributed by atoms with Gasteiger partial charge in [-0.3, -0.25) is 0 Å². The Balaban J connectivity index is 1.48. The fraction of sp³-hybridized carbons (Fsp3) is 0.231. The second kappa shape index (κ2) is 18.2. The van der Waals surface area contributed by atoms with Crippen LogP contribution in [0.3, 0.4) is 0 Å². The van der Waals surface area contributed by atoms with Crippen LogP contribution in [0, 0.1) is 45.3 Å². The van der Waals surface area contributed by atoms with Crippen LogP contribution < -0.4 is 19.9 Å². The van der Waals surface area contributed by atoms with Crippen LogP contribution in [0.2, 0.25) is 0 Å². The standard InChI is InChI=1S/C52H44N4O2/c1-3-5-7-11-23-57-43-19-15-35(16-20-43)45-27-39-29-49-50(30-40(39)28-46(45)36-17-21-44(22-18-36)58-24-12-8-6-4-2)52(42(33-55)34-56)48-26-38-14-10-9-13-37(38)25-47(48)51(49)41(31-53)32-54/h9-10,13-22,25-30H,3-8,11-12,23-24H2,1-2H3. The number of fused-ring (bicyclic) bond motifs is 4. The normalized spacial score (nSPS) is 10.9. The van der Waals surface area contributed by atoms with Crippen molar-refractivity contribution in [3.8, 4) is 58.0 Å². The first kappa shape index (κ1) is 39.1. The lowest BCUT2D eigenvalue weighted by Crippen LogP contribution is -2.18. The Bertz CT molecular complexity index is 2720. The molecule has 7 rings (SSSR count). The van der Waals surface area contributed by atoms with Crippen LogP contribution >= 0.6 is 0 Å². The van der Waals surface area contributed by atoms with E-state index in [1.54, 1.807) is 0 Å². The number of hydrogen-bond donors (Lipinski definition) is 0. The lowest BCUT2D eigenvalue weighted by atomic mass is 9.87. The Morgan fingerprint density at radius 3 is 1.14 bits per heavy atom. The van der Waals surface area contributed by atoms with E-state index in [9.17, 15) is 21.0 Å². The summed E-state index contributed by atoms with van der Waals surface area (Å²) >= 11 is 0. The van der Waals surface area contributed by atoms with Gasteiger partial charge in [0, 0.05) is 10.4 Å². The summed E-state index contributed by atoms with van der Waals surface area (Å²) in [6.07, 6.45) is 9.10. The van der Waals surface area contributed by atoms with Gasteiger partial charge in [-0.05, 0) is 139 Å². The molecule has 7 aromatic rings. The van der Waals surface area contributed by atoms with Crippen LogP contribution in [0.5, 0.6) is 11.5 Å². The zero-order valence-corrected chi connectivity index (χ0v) is 33.1. The summed E-state index contributed by atoms with van der Waals surface area (Å²) in [5, 5.41) is 48.4. The predicted molar refractivity (Wildman–Crippen MR) is 235 cm³/mol. The van der Waals surface area contributed by atoms with E-state index in [1.807, 2.05) is 72.8 Å². The van der Waals surface area contributed by atoms with E-state index in [-0.39, 0.29) is 11.1 Å². The van der Waals surface area contributed by atoms with Crippen LogP contribution in [0.25, 0.3) is 76.5 Å². The molecule has 0 unspecified atom stereocenters. The molecule has 0 heterocycles. The highest BCUT2D eigenvalue weighted by molar-refractivity contribution is 6.13. The number of nitriles is 4. The fourth-order valence-electron chi connectivity index (χ4n) is 7.90. The van der Waals surface area contributed by atoms with E-state index < -0.39 is 0 Å². The van der Waals surface area contributed by atoms with E-state index in [4.69, 9.17) is 9.47 Å². The van der Waals surface area contributed by atoms with E-state index >= 15 is 0 Å². The average molecular weight is 757 g/mol. The van der Waals surface area contributed by atoms with Gasteiger partial charge in [0.25, 0.3) is 0 Å². The smallest absolute Gasteiger partial charge is 0.138 e. The number of rotatable bonds is 14. The number of hydrogen-bond acceptors (Lipinski definition) is 6. The molecule has 0 aliphatic heterocycles. The van der Waals surface area contributed by atoms with Crippen LogP contribution in [0.4, 0.5) is 0 Å². The summed E-state index contributed by atoms with van der Waals surface area (Å²) in [5.74, 6) is 1.65. The van der Waals surface area contributed by atoms with Crippen molar-refractivity contribution >= 4 is 54.2 Å². The fourth-order valence-corrected chi connectivity index (χ4v) is 7.90. The molecule has 0 N–H and O–H groups in total. The first-order valence-corrected chi connectivity index (χ1v) is 20.2. The number of ether oxygens (including phenoxy) is 2. The van der Waals surface area contributed by atoms with E-state index in [1.165, 1.54) is 25.7 Å². The minimum absolute atomic E-state index is 0.0403. The number of benzene rings is 7. The molecule has 284 valence electrons. The molecule has 0 amide bonds. The highest BCUT2D eigenvalue weighted by Gasteiger charge is 2.17. The topological polar surface area (TPSA) is 114 Å². The van der Waals surface area contributed by atoms with Gasteiger partial charge in [-0.15, -0.1) is 0 Å². The average Bonchev–Trinajstić information content (AvgIpc) is 3.26. The molecular weight excluding hydrogens is 713 g/mol. The van der Waals surface area contributed by atoms with E-state index in [0.29, 0.717) is 45.2 Å². The molecule has 58 heavy (non-hydrogen) atoms. The van der Waals surface area contributed by atoms with Gasteiger partial charge in [0.2, 0.25) is 0 Å². The third kappa shape index (κ3) is 8.06. The van der Waals surface area contributed by atoms with Gasteiger partial charge in [0.1, 0.15) is 46.9 Å². The monoisotopic (exact) mass is 756 g/mol. The van der Waals surface area contributed by atoms with Crippen LogP contribution in [0.15, 0.2) is 109 Å². The van der Waals surface area contributed by atoms with Crippen molar-refractivity contribution in [1.29, 1.82) is 21.0 Å². The Labute approximate surface area is 339 Å². The molecule has 6 nitrogen and oxygen atoms in total. The summed E-state index contributed by atoms with van der Waals surface area (Å²) in [6, 6.07) is 45.0. The van der Waals surface area contributed by atoms with Crippen molar-refractivity contribution < 1.29 is 9.47 Å². The summed E-state index contributed by atoms with van der Waals surface area (Å²) in [4.78, 5) is 0. The molecule has 0 bridgehead atoms. The molecule has 0 radical (unpaired) electrons. The molecule has 0 atom stereocenters. The number of nitrogens with zero attached hydrogens (tertiary/aromatic N) is 4. The van der Waals surface area contributed by atoms with Gasteiger partial charge in [-0.2, -0.15) is 21.0 Å². The molecule has 0 aliphatic rings. The van der Waals surface area contributed by atoms with E-state index in [2.05, 4.69) is 74.5 Å². The van der Waals surface area contributed by atoms with Gasteiger partial charge in [0.05, 0.1) is 13.2 Å². The molecule has 7 aromatic carbocycles. The maximum absolute atomic E-state index is 10.3. The Kier molecular flexibility index (Phi) is 12.3. The Morgan fingerprint density at radius 2 is 0.793 bits per heavy atom. The van der Waals surface area contributed by atoms with Crippen molar-refractivity contribution in [3.63, 3.8) is 0 Å². The molecule has 0 spiro atoms. The molecule has 0 saturated heterocycles. The maximum Gasteiger partial charge on any atom is 0.138 e. The Hall–Kier alpha value is -7.12. The predicted octanol–water partition coefficient (Wildman–Crippen LogP) is 11.9. The SMILES string of the molecule is CCCCCCOc1ccc(-c2cc3cc4c(=C(C#N)C#N)c5cc6ccccc6cc5c(=C(C#N)C#N)c4cc3cc2-c2ccc(OCCCCCC)cc2)cc1. The Morgan fingerprint density at radius 1 is 0.431 bits per heavy atom.